The molecule has 0 unspecified atom stereocenters. The van der Waals surface area contributed by atoms with Crippen molar-refractivity contribution in [3.05, 3.63) is 29.8 Å². The summed E-state index contributed by atoms with van der Waals surface area (Å²) in [7, 11) is 0. The summed E-state index contributed by atoms with van der Waals surface area (Å²) in [5, 5.41) is 9.03. The molecule has 2 N–H and O–H groups in total. The molecule has 0 radical (unpaired) electrons. The molecule has 5 heteroatoms. The van der Waals surface area contributed by atoms with Gasteiger partial charge in [-0.3, -0.25) is 9.52 Å². The van der Waals surface area contributed by atoms with Crippen LogP contribution < -0.4 is 9.46 Å². The van der Waals surface area contributed by atoms with Crippen molar-refractivity contribution in [2.75, 3.05) is 6.26 Å². The van der Waals surface area contributed by atoms with Gasteiger partial charge >= 0.3 is 5.97 Å². The van der Waals surface area contributed by atoms with E-state index >= 15 is 0 Å². The number of benzene rings is 1. The Kier molecular flexibility index (Phi) is 6.73. The molecule has 1 rings (SSSR count). The minimum atomic E-state index is -0.811. The summed E-state index contributed by atoms with van der Waals surface area (Å²) in [4.78, 5) is 11.0. The number of carbonyl (C=O) groups is 1. The molecule has 0 aliphatic carbocycles. The molecule has 4 nitrogen and oxygen atoms in total. The average molecular weight is 283 g/mol. The monoisotopic (exact) mass is 283 g/mol. The van der Waals surface area contributed by atoms with Crippen LogP contribution in [0.25, 0.3) is 0 Å². The van der Waals surface area contributed by atoms with E-state index in [0.29, 0.717) is 6.42 Å². The van der Waals surface area contributed by atoms with Crippen LogP contribution in [0.4, 0.5) is 0 Å². The zero-order valence-corrected chi connectivity index (χ0v) is 12.4. The van der Waals surface area contributed by atoms with Crippen molar-refractivity contribution in [1.29, 1.82) is 0 Å². The predicted octanol–water partition coefficient (Wildman–Crippen LogP) is 2.73. The molecule has 0 saturated carbocycles. The smallest absolute Gasteiger partial charge is 0.321 e. The molecule has 0 aliphatic heterocycles. The number of ether oxygens (including phenoxy) is 1. The van der Waals surface area contributed by atoms with Gasteiger partial charge in [-0.15, -0.1) is 0 Å². The van der Waals surface area contributed by atoms with E-state index in [-0.39, 0.29) is 6.10 Å². The molecule has 0 fully saturated rings. The molecule has 1 aromatic carbocycles. The van der Waals surface area contributed by atoms with Crippen LogP contribution in [0.3, 0.4) is 0 Å². The molecule has 0 bridgehead atoms. The summed E-state index contributed by atoms with van der Waals surface area (Å²) in [6.07, 6.45) is 3.29. The molecule has 19 heavy (non-hydrogen) atoms. The highest BCUT2D eigenvalue weighted by atomic mass is 32.2. The fourth-order valence-electron chi connectivity index (χ4n) is 1.69. The fourth-order valence-corrected chi connectivity index (χ4v) is 2.20. The van der Waals surface area contributed by atoms with E-state index in [4.69, 9.17) is 9.84 Å². The first-order valence-electron chi connectivity index (χ1n) is 6.30. The number of carboxylic acid groups (broad SMARTS) is 1. The maximum Gasteiger partial charge on any atom is 0.321 e. The first-order valence-corrected chi connectivity index (χ1v) is 7.52. The van der Waals surface area contributed by atoms with Crippen molar-refractivity contribution >= 4 is 17.9 Å². The fraction of sp³-hybridized carbons (Fsp3) is 0.500. The van der Waals surface area contributed by atoms with E-state index in [1.807, 2.05) is 44.4 Å². The van der Waals surface area contributed by atoms with E-state index in [0.717, 1.165) is 17.7 Å². The molecule has 106 valence electrons. The van der Waals surface area contributed by atoms with Crippen LogP contribution in [0.2, 0.25) is 0 Å². The van der Waals surface area contributed by atoms with Crippen molar-refractivity contribution in [3.8, 4) is 5.75 Å². The maximum absolute atomic E-state index is 11.0. The van der Waals surface area contributed by atoms with Crippen LogP contribution >= 0.6 is 11.9 Å². The summed E-state index contributed by atoms with van der Waals surface area (Å²) in [6.45, 7) is 3.97. The highest BCUT2D eigenvalue weighted by Crippen LogP contribution is 2.15. The zero-order chi connectivity index (χ0) is 14.3. The van der Waals surface area contributed by atoms with Crippen molar-refractivity contribution in [3.63, 3.8) is 0 Å². The quantitative estimate of drug-likeness (QED) is 0.718. The first kappa shape index (κ1) is 15.9. The summed E-state index contributed by atoms with van der Waals surface area (Å²) in [6, 6.07) is 7.30. The van der Waals surface area contributed by atoms with Crippen LogP contribution in [0, 0.1) is 0 Å². The van der Waals surface area contributed by atoms with Gasteiger partial charge in [0.15, 0.2) is 0 Å². The van der Waals surface area contributed by atoms with Crippen molar-refractivity contribution in [1.82, 2.24) is 4.72 Å². The van der Waals surface area contributed by atoms with E-state index in [1.165, 1.54) is 11.9 Å². The van der Waals surface area contributed by atoms with Gasteiger partial charge in [-0.2, -0.15) is 0 Å². The number of rotatable bonds is 8. The summed E-state index contributed by atoms with van der Waals surface area (Å²) in [5.74, 6) is 0.0323. The Balaban J connectivity index is 2.50. The molecular formula is C14H21NO3S. The minimum absolute atomic E-state index is 0.160. The van der Waals surface area contributed by atoms with Gasteiger partial charge in [-0.1, -0.05) is 24.1 Å². The largest absolute Gasteiger partial charge is 0.491 e. The van der Waals surface area contributed by atoms with Gasteiger partial charge in [0, 0.05) is 0 Å². The summed E-state index contributed by atoms with van der Waals surface area (Å²) >= 11 is 1.33. The topological polar surface area (TPSA) is 58.6 Å². The molecule has 0 saturated heterocycles. The lowest BCUT2D eigenvalue weighted by molar-refractivity contribution is -0.139. The number of hydrogen-bond donors (Lipinski definition) is 2. The van der Waals surface area contributed by atoms with Gasteiger partial charge in [-0.25, -0.2) is 0 Å². The Labute approximate surface area is 118 Å². The number of hydrogen-bond acceptors (Lipinski definition) is 4. The predicted molar refractivity (Wildman–Crippen MR) is 78.6 cm³/mol. The Bertz CT molecular complexity index is 392. The second-order valence-corrected chi connectivity index (χ2v) is 5.21. The van der Waals surface area contributed by atoms with Crippen molar-refractivity contribution in [2.24, 2.45) is 0 Å². The average Bonchev–Trinajstić information content (AvgIpc) is 2.35. The molecule has 1 atom stereocenters. The number of carboxylic acids is 1. The van der Waals surface area contributed by atoms with Crippen LogP contribution in [0.1, 0.15) is 25.8 Å². The Morgan fingerprint density at radius 3 is 2.47 bits per heavy atom. The van der Waals surface area contributed by atoms with Gasteiger partial charge in [0.25, 0.3) is 0 Å². The number of aliphatic carboxylic acids is 1. The van der Waals surface area contributed by atoms with Crippen LogP contribution in [-0.4, -0.2) is 29.5 Å². The molecule has 1 aromatic rings. The van der Waals surface area contributed by atoms with E-state index in [9.17, 15) is 4.79 Å². The third kappa shape index (κ3) is 5.98. The van der Waals surface area contributed by atoms with E-state index < -0.39 is 12.0 Å². The summed E-state index contributed by atoms with van der Waals surface area (Å²) < 4.78 is 8.44. The third-order valence-corrected chi connectivity index (χ3v) is 3.10. The van der Waals surface area contributed by atoms with Crippen molar-refractivity contribution < 1.29 is 14.6 Å². The lowest BCUT2D eigenvalue weighted by Gasteiger charge is -2.13. The maximum atomic E-state index is 11.0. The lowest BCUT2D eigenvalue weighted by atomic mass is 10.1. The van der Waals surface area contributed by atoms with Gasteiger partial charge in [0.2, 0.25) is 0 Å². The molecule has 0 heterocycles. The van der Waals surface area contributed by atoms with Crippen LogP contribution in [0.5, 0.6) is 5.75 Å². The highest BCUT2D eigenvalue weighted by Gasteiger charge is 2.15. The highest BCUT2D eigenvalue weighted by molar-refractivity contribution is 7.96. The van der Waals surface area contributed by atoms with E-state index in [2.05, 4.69) is 4.72 Å². The number of aryl methyl sites for hydroxylation is 1. The molecule has 0 aromatic heterocycles. The zero-order valence-electron chi connectivity index (χ0n) is 11.6. The SMILES string of the molecule is CSN[C@@H](CCc1ccc(OC(C)C)cc1)C(=O)O. The molecule has 0 aliphatic rings. The van der Waals surface area contributed by atoms with Gasteiger partial charge < -0.3 is 9.84 Å². The van der Waals surface area contributed by atoms with Crippen LogP contribution in [0.15, 0.2) is 24.3 Å². The normalized spacial score (nSPS) is 12.4. The van der Waals surface area contributed by atoms with Gasteiger partial charge in [0.1, 0.15) is 11.8 Å². The Hall–Kier alpha value is -1.20. The number of nitrogens with one attached hydrogen (secondary N) is 1. The third-order valence-electron chi connectivity index (χ3n) is 2.58. The summed E-state index contributed by atoms with van der Waals surface area (Å²) in [5.41, 5.74) is 1.12. The van der Waals surface area contributed by atoms with Gasteiger partial charge in [-0.05, 0) is 50.6 Å². The Morgan fingerprint density at radius 2 is 2.00 bits per heavy atom. The second kappa shape index (κ2) is 8.07. The minimum Gasteiger partial charge on any atom is -0.491 e. The molecular weight excluding hydrogens is 262 g/mol. The molecule has 0 spiro atoms. The standard InChI is InChI=1S/C14H21NO3S/c1-10(2)18-12-7-4-11(5-8-12)6-9-13(14(16)17)15-19-3/h4-5,7-8,10,13,15H,6,9H2,1-3H3,(H,16,17)/t13-/m0/s1. The molecule has 0 amide bonds. The van der Waals surface area contributed by atoms with Gasteiger partial charge in [0.05, 0.1) is 6.10 Å². The lowest BCUT2D eigenvalue weighted by Crippen LogP contribution is -2.32. The van der Waals surface area contributed by atoms with Crippen molar-refractivity contribution in [2.45, 2.75) is 38.8 Å². The second-order valence-electron chi connectivity index (χ2n) is 4.56. The Morgan fingerprint density at radius 1 is 1.37 bits per heavy atom. The van der Waals surface area contributed by atoms with Crippen LogP contribution in [-0.2, 0) is 11.2 Å². The van der Waals surface area contributed by atoms with E-state index in [1.54, 1.807) is 0 Å². The first-order chi connectivity index (χ1) is 9.02.